The van der Waals surface area contributed by atoms with Gasteiger partial charge in [0.2, 0.25) is 0 Å². The van der Waals surface area contributed by atoms with Gasteiger partial charge in [0, 0.05) is 10.7 Å². The van der Waals surface area contributed by atoms with E-state index in [0.717, 1.165) is 0 Å². The fourth-order valence-electron chi connectivity index (χ4n) is 1.49. The molecule has 0 aliphatic rings. The van der Waals surface area contributed by atoms with Gasteiger partial charge in [0.25, 0.3) is 0 Å². The van der Waals surface area contributed by atoms with E-state index in [2.05, 4.69) is 15.9 Å². The van der Waals surface area contributed by atoms with Gasteiger partial charge in [-0.25, -0.2) is 4.79 Å². The molecule has 1 aromatic carbocycles. The van der Waals surface area contributed by atoms with Gasteiger partial charge in [-0.3, -0.25) is 0 Å². The van der Waals surface area contributed by atoms with E-state index in [1.165, 1.54) is 22.8 Å². The number of aromatic carboxylic acids is 1. The van der Waals surface area contributed by atoms with Crippen molar-refractivity contribution in [2.45, 2.75) is 0 Å². The van der Waals surface area contributed by atoms with E-state index in [1.54, 1.807) is 6.20 Å². The highest BCUT2D eigenvalue weighted by Gasteiger charge is 2.16. The minimum absolute atomic E-state index is 0.0714. The molecule has 0 aliphatic heterocycles. The number of benzene rings is 1. The Morgan fingerprint density at radius 1 is 1.11 bits per heavy atom. The molecule has 18 heavy (non-hydrogen) atoms. The molecular weight excluding hydrogens is 364 g/mol. The van der Waals surface area contributed by atoms with Crippen LogP contribution in [0.2, 0.25) is 15.1 Å². The third kappa shape index (κ3) is 2.52. The van der Waals surface area contributed by atoms with Crippen LogP contribution in [0.4, 0.5) is 0 Å². The molecule has 1 heterocycles. The normalized spacial score (nSPS) is 10.7. The predicted octanol–water partition coefficient (Wildman–Crippen LogP) is 4.90. The molecule has 2 aromatic rings. The van der Waals surface area contributed by atoms with E-state index in [1.807, 2.05) is 0 Å². The van der Waals surface area contributed by atoms with E-state index in [4.69, 9.17) is 39.9 Å². The summed E-state index contributed by atoms with van der Waals surface area (Å²) in [5.41, 5.74) is 0.524. The Morgan fingerprint density at radius 2 is 1.72 bits per heavy atom. The summed E-state index contributed by atoms with van der Waals surface area (Å²) < 4.78 is 2.05. The lowest BCUT2D eigenvalue weighted by molar-refractivity contribution is 0.0688. The molecule has 2 rings (SSSR count). The number of carboxylic acid groups (broad SMARTS) is 1. The first-order chi connectivity index (χ1) is 8.40. The molecule has 0 unspecified atom stereocenters. The molecular formula is C11H5BrCl3NO2. The molecule has 0 spiro atoms. The number of carbonyl (C=O) groups is 1. The van der Waals surface area contributed by atoms with Crippen LogP contribution in [0.25, 0.3) is 5.69 Å². The molecule has 0 bridgehead atoms. The van der Waals surface area contributed by atoms with Crippen LogP contribution in [0.3, 0.4) is 0 Å². The van der Waals surface area contributed by atoms with Gasteiger partial charge in [0.15, 0.2) is 0 Å². The minimum atomic E-state index is -1.07. The van der Waals surface area contributed by atoms with Crippen LogP contribution < -0.4 is 0 Å². The zero-order chi connectivity index (χ0) is 13.4. The number of halogens is 4. The third-order valence-corrected chi connectivity index (χ3v) is 3.71. The molecule has 1 aromatic heterocycles. The summed E-state index contributed by atoms with van der Waals surface area (Å²) in [6, 6.07) is 4.46. The van der Waals surface area contributed by atoms with Crippen molar-refractivity contribution in [3.8, 4) is 5.69 Å². The van der Waals surface area contributed by atoms with E-state index >= 15 is 0 Å². The maximum Gasteiger partial charge on any atom is 0.352 e. The molecule has 94 valence electrons. The van der Waals surface area contributed by atoms with E-state index < -0.39 is 5.97 Å². The predicted molar refractivity (Wildman–Crippen MR) is 75.5 cm³/mol. The van der Waals surface area contributed by atoms with Crippen LogP contribution in [0, 0.1) is 0 Å². The van der Waals surface area contributed by atoms with Gasteiger partial charge in [-0.05, 0) is 34.1 Å². The first-order valence-electron chi connectivity index (χ1n) is 4.66. The number of hydrogen-bond acceptors (Lipinski definition) is 1. The molecule has 0 atom stereocenters. The fraction of sp³-hybridized carbons (Fsp3) is 0. The van der Waals surface area contributed by atoms with Gasteiger partial charge in [-0.15, -0.1) is 0 Å². The molecule has 0 radical (unpaired) electrons. The van der Waals surface area contributed by atoms with Crippen molar-refractivity contribution >= 4 is 56.7 Å². The van der Waals surface area contributed by atoms with Crippen molar-refractivity contribution in [2.24, 2.45) is 0 Å². The average Bonchev–Trinajstić information content (AvgIpc) is 2.65. The topological polar surface area (TPSA) is 42.2 Å². The van der Waals surface area contributed by atoms with E-state index in [9.17, 15) is 4.79 Å². The smallest absolute Gasteiger partial charge is 0.352 e. The summed E-state index contributed by atoms with van der Waals surface area (Å²) in [5.74, 6) is -1.07. The summed E-state index contributed by atoms with van der Waals surface area (Å²) in [7, 11) is 0. The second kappa shape index (κ2) is 5.13. The molecule has 3 nitrogen and oxygen atoms in total. The largest absolute Gasteiger partial charge is 0.477 e. The Balaban J connectivity index is 2.69. The quantitative estimate of drug-likeness (QED) is 0.765. The maximum absolute atomic E-state index is 11.1. The lowest BCUT2D eigenvalue weighted by Crippen LogP contribution is -2.06. The Labute approximate surface area is 126 Å². The molecule has 0 aliphatic carbocycles. The minimum Gasteiger partial charge on any atom is -0.477 e. The lowest BCUT2D eigenvalue weighted by Gasteiger charge is -2.09. The molecule has 7 heteroatoms. The zero-order valence-electron chi connectivity index (χ0n) is 8.62. The Hall–Kier alpha value is -0.680. The standard InChI is InChI=1S/C11H5BrCl3NO2/c12-5-1-10(11(17)18)16(4-5)9-3-7(14)6(13)2-8(9)15/h1-4H,(H,17,18). The fourth-order valence-corrected chi connectivity index (χ4v) is 2.54. The summed E-state index contributed by atoms with van der Waals surface area (Å²) in [4.78, 5) is 11.1. The number of hydrogen-bond donors (Lipinski definition) is 1. The second-order valence-electron chi connectivity index (χ2n) is 3.44. The van der Waals surface area contributed by atoms with Crippen molar-refractivity contribution in [3.05, 3.63) is 49.6 Å². The van der Waals surface area contributed by atoms with Crippen LogP contribution in [0.1, 0.15) is 10.5 Å². The summed E-state index contributed by atoms with van der Waals surface area (Å²) in [6.45, 7) is 0. The highest BCUT2D eigenvalue weighted by Crippen LogP contribution is 2.33. The van der Waals surface area contributed by atoms with Gasteiger partial charge >= 0.3 is 5.97 Å². The van der Waals surface area contributed by atoms with Crippen LogP contribution >= 0.6 is 50.7 Å². The average molecular weight is 369 g/mol. The molecule has 0 fully saturated rings. The highest BCUT2D eigenvalue weighted by atomic mass is 79.9. The van der Waals surface area contributed by atoms with Crippen molar-refractivity contribution in [3.63, 3.8) is 0 Å². The first-order valence-corrected chi connectivity index (χ1v) is 6.59. The number of nitrogens with zero attached hydrogens (tertiary/aromatic N) is 1. The maximum atomic E-state index is 11.1. The Bertz CT molecular complexity index is 639. The van der Waals surface area contributed by atoms with Crippen LogP contribution in [-0.4, -0.2) is 15.6 Å². The zero-order valence-corrected chi connectivity index (χ0v) is 12.5. The molecule has 0 amide bonds. The van der Waals surface area contributed by atoms with Gasteiger partial charge in [-0.1, -0.05) is 34.8 Å². The SMILES string of the molecule is O=C(O)c1cc(Br)cn1-c1cc(Cl)c(Cl)cc1Cl. The van der Waals surface area contributed by atoms with Crippen molar-refractivity contribution in [1.82, 2.24) is 4.57 Å². The van der Waals surface area contributed by atoms with Crippen LogP contribution in [0.15, 0.2) is 28.9 Å². The van der Waals surface area contributed by atoms with E-state index in [0.29, 0.717) is 25.2 Å². The van der Waals surface area contributed by atoms with Gasteiger partial charge in [0.05, 0.1) is 20.8 Å². The Morgan fingerprint density at radius 3 is 2.33 bits per heavy atom. The lowest BCUT2D eigenvalue weighted by atomic mass is 10.3. The summed E-state index contributed by atoms with van der Waals surface area (Å²) in [6.07, 6.45) is 1.59. The summed E-state index contributed by atoms with van der Waals surface area (Å²) in [5, 5.41) is 10.0. The number of carboxylic acids is 1. The molecule has 1 N–H and O–H groups in total. The van der Waals surface area contributed by atoms with Gasteiger partial charge in [0.1, 0.15) is 5.69 Å². The van der Waals surface area contributed by atoms with Crippen LogP contribution in [-0.2, 0) is 0 Å². The first kappa shape index (κ1) is 13.7. The Kier molecular flexibility index (Phi) is 3.92. The monoisotopic (exact) mass is 367 g/mol. The van der Waals surface area contributed by atoms with Crippen molar-refractivity contribution in [2.75, 3.05) is 0 Å². The van der Waals surface area contributed by atoms with Crippen molar-refractivity contribution in [1.29, 1.82) is 0 Å². The molecule has 0 saturated heterocycles. The second-order valence-corrected chi connectivity index (χ2v) is 5.57. The van der Waals surface area contributed by atoms with Gasteiger partial charge in [-0.2, -0.15) is 0 Å². The van der Waals surface area contributed by atoms with E-state index in [-0.39, 0.29) is 5.69 Å². The molecule has 0 saturated carbocycles. The number of rotatable bonds is 2. The van der Waals surface area contributed by atoms with Gasteiger partial charge < -0.3 is 9.67 Å². The number of aromatic nitrogens is 1. The van der Waals surface area contributed by atoms with Crippen LogP contribution in [0.5, 0.6) is 0 Å². The summed E-state index contributed by atoms with van der Waals surface area (Å²) >= 11 is 21.0. The third-order valence-electron chi connectivity index (χ3n) is 2.25. The van der Waals surface area contributed by atoms with Crippen molar-refractivity contribution < 1.29 is 9.90 Å². The highest BCUT2D eigenvalue weighted by molar-refractivity contribution is 9.10.